The van der Waals surface area contributed by atoms with Gasteiger partial charge in [-0.1, -0.05) is 0 Å². The largest absolute Gasteiger partial charge is 0.497 e. The molecule has 0 unspecified atom stereocenters. The summed E-state index contributed by atoms with van der Waals surface area (Å²) in [5, 5.41) is 16.0. The molecule has 0 aliphatic rings. The average molecular weight is 500 g/mol. The number of ether oxygens (including phenoxy) is 2. The molecule has 0 saturated heterocycles. The van der Waals surface area contributed by atoms with E-state index in [1.54, 1.807) is 18.2 Å². The lowest BCUT2D eigenvalue weighted by Gasteiger charge is -2.14. The third kappa shape index (κ3) is 5.04. The van der Waals surface area contributed by atoms with Crippen LogP contribution >= 0.6 is 0 Å². The zero-order valence-corrected chi connectivity index (χ0v) is 19.2. The van der Waals surface area contributed by atoms with Crippen LogP contribution < -0.4 is 14.8 Å². The molecule has 4 aromatic rings. The van der Waals surface area contributed by atoms with Crippen molar-refractivity contribution in [2.45, 2.75) is 13.1 Å². The highest BCUT2D eigenvalue weighted by Gasteiger charge is 2.35. The van der Waals surface area contributed by atoms with Crippen LogP contribution in [0.3, 0.4) is 0 Å². The topological polar surface area (TPSA) is 124 Å². The molecule has 0 aliphatic carbocycles. The predicted molar refractivity (Wildman–Crippen MR) is 122 cm³/mol. The number of aromatic carboxylic acids is 1. The van der Waals surface area contributed by atoms with Gasteiger partial charge in [-0.2, -0.15) is 23.3 Å². The Bertz CT molecular complexity index is 1420. The monoisotopic (exact) mass is 500 g/mol. The van der Waals surface area contributed by atoms with Crippen LogP contribution in [0.5, 0.6) is 11.5 Å². The Morgan fingerprint density at radius 1 is 1.03 bits per heavy atom. The van der Waals surface area contributed by atoms with Crippen molar-refractivity contribution >= 4 is 17.6 Å². The molecule has 0 spiro atoms. The van der Waals surface area contributed by atoms with Crippen LogP contribution in [0.25, 0.3) is 16.9 Å². The van der Waals surface area contributed by atoms with Gasteiger partial charge in [0.2, 0.25) is 5.95 Å². The Balaban J connectivity index is 1.86. The number of nitrogens with zero attached hydrogens (tertiary/aromatic N) is 5. The maximum Gasteiger partial charge on any atom is 0.435 e. The number of nitrogens with one attached hydrogen (secondary N) is 1. The van der Waals surface area contributed by atoms with E-state index in [1.807, 2.05) is 0 Å². The normalized spacial score (nSPS) is 11.3. The van der Waals surface area contributed by atoms with E-state index >= 15 is 0 Å². The summed E-state index contributed by atoms with van der Waals surface area (Å²) >= 11 is 0. The van der Waals surface area contributed by atoms with Gasteiger partial charge in [0.25, 0.3) is 0 Å². The minimum atomic E-state index is -4.67. The Hall–Kier alpha value is -4.68. The Labute approximate surface area is 202 Å². The van der Waals surface area contributed by atoms with Crippen LogP contribution in [0.2, 0.25) is 0 Å². The van der Waals surface area contributed by atoms with E-state index in [2.05, 4.69) is 25.4 Å². The van der Waals surface area contributed by atoms with Gasteiger partial charge in [-0.25, -0.2) is 14.5 Å². The zero-order valence-electron chi connectivity index (χ0n) is 19.2. The minimum absolute atomic E-state index is 0.0142. The number of hydrogen-bond acceptors (Lipinski definition) is 8. The zero-order chi connectivity index (χ0) is 26.0. The second-order valence-corrected chi connectivity index (χ2v) is 7.51. The molecule has 13 heteroatoms. The molecule has 0 amide bonds. The third-order valence-corrected chi connectivity index (χ3v) is 5.05. The summed E-state index contributed by atoms with van der Waals surface area (Å²) < 4.78 is 51.6. The lowest BCUT2D eigenvalue weighted by molar-refractivity contribution is -0.141. The molecular weight excluding hydrogens is 481 g/mol. The van der Waals surface area contributed by atoms with Gasteiger partial charge in [-0.05, 0) is 19.1 Å². The van der Waals surface area contributed by atoms with Gasteiger partial charge in [0, 0.05) is 59.3 Å². The van der Waals surface area contributed by atoms with Crippen LogP contribution in [-0.4, -0.2) is 50.0 Å². The maximum absolute atomic E-state index is 13.4. The number of aromatic nitrogens is 5. The van der Waals surface area contributed by atoms with E-state index in [4.69, 9.17) is 9.47 Å². The molecule has 0 aliphatic heterocycles. The van der Waals surface area contributed by atoms with E-state index in [1.165, 1.54) is 39.6 Å². The first-order valence-corrected chi connectivity index (χ1v) is 10.3. The molecule has 0 atom stereocenters. The van der Waals surface area contributed by atoms with E-state index in [0.717, 1.165) is 16.9 Å². The van der Waals surface area contributed by atoms with Gasteiger partial charge in [-0.3, -0.25) is 4.98 Å². The molecule has 3 aromatic heterocycles. The lowest BCUT2D eigenvalue weighted by atomic mass is 10.1. The molecule has 3 heterocycles. The van der Waals surface area contributed by atoms with E-state index in [9.17, 15) is 23.1 Å². The highest BCUT2D eigenvalue weighted by atomic mass is 19.4. The summed E-state index contributed by atoms with van der Waals surface area (Å²) in [4.78, 5) is 24.0. The summed E-state index contributed by atoms with van der Waals surface area (Å²) in [5.74, 6) is -0.216. The van der Waals surface area contributed by atoms with Crippen molar-refractivity contribution in [3.63, 3.8) is 0 Å². The summed E-state index contributed by atoms with van der Waals surface area (Å²) in [6, 6.07) is 7.18. The summed E-state index contributed by atoms with van der Waals surface area (Å²) in [6.45, 7) is 1.44. The van der Waals surface area contributed by atoms with Gasteiger partial charge < -0.3 is 19.9 Å². The molecular formula is C23H19F3N6O4. The molecule has 0 fully saturated rings. The molecule has 186 valence electrons. The first-order valence-electron chi connectivity index (χ1n) is 10.3. The van der Waals surface area contributed by atoms with Gasteiger partial charge in [0.1, 0.15) is 11.5 Å². The number of carbonyl (C=O) groups is 1. The van der Waals surface area contributed by atoms with Crippen LogP contribution in [0.1, 0.15) is 21.7 Å². The fraction of sp³-hybridized carbons (Fsp3) is 0.174. The van der Waals surface area contributed by atoms with Gasteiger partial charge >= 0.3 is 12.1 Å². The van der Waals surface area contributed by atoms with Crippen molar-refractivity contribution in [1.29, 1.82) is 0 Å². The number of benzene rings is 1. The SMILES string of the molecule is COc1cc(Nc2ncc(-c3cncc(C(=O)O)c3)c(-n3nc(C(F)(F)F)cc3C)n2)cc(OC)c1. The summed E-state index contributed by atoms with van der Waals surface area (Å²) in [7, 11) is 2.97. The third-order valence-electron chi connectivity index (χ3n) is 5.05. The minimum Gasteiger partial charge on any atom is -0.497 e. The highest BCUT2D eigenvalue weighted by molar-refractivity contribution is 5.89. The number of pyridine rings is 1. The number of aryl methyl sites for hydroxylation is 1. The number of anilines is 2. The number of halogens is 3. The number of hydrogen-bond donors (Lipinski definition) is 2. The fourth-order valence-electron chi connectivity index (χ4n) is 3.34. The predicted octanol–water partition coefficient (Wildman–Crippen LogP) is 4.51. The van der Waals surface area contributed by atoms with Gasteiger partial charge in [0.15, 0.2) is 11.5 Å². The first kappa shape index (κ1) is 24.4. The van der Waals surface area contributed by atoms with Crippen molar-refractivity contribution < 1.29 is 32.5 Å². The molecule has 1 aromatic carbocycles. The molecule has 10 nitrogen and oxygen atoms in total. The molecule has 0 radical (unpaired) electrons. The quantitative estimate of drug-likeness (QED) is 0.377. The molecule has 2 N–H and O–H groups in total. The maximum atomic E-state index is 13.4. The molecule has 36 heavy (non-hydrogen) atoms. The van der Waals surface area contributed by atoms with E-state index < -0.39 is 17.8 Å². The number of methoxy groups -OCH3 is 2. The Morgan fingerprint density at radius 2 is 1.72 bits per heavy atom. The van der Waals surface area contributed by atoms with Gasteiger partial charge in [0.05, 0.1) is 19.8 Å². The van der Waals surface area contributed by atoms with Crippen LogP contribution in [0.4, 0.5) is 24.8 Å². The van der Waals surface area contributed by atoms with Crippen molar-refractivity contribution in [3.05, 3.63) is 65.9 Å². The smallest absolute Gasteiger partial charge is 0.435 e. The number of alkyl halides is 3. The van der Waals surface area contributed by atoms with Gasteiger partial charge in [-0.15, -0.1) is 0 Å². The molecule has 0 bridgehead atoms. The standard InChI is InChI=1S/C23H19F3N6O4/c1-12-4-19(23(24,25)26)31-32(12)20-18(13-5-14(21(33)34)10-27-9-13)11-28-22(30-20)29-15-6-16(35-2)8-17(7-15)36-3/h4-11H,1-3H3,(H,33,34)(H,28,29,30). The second kappa shape index (κ2) is 9.52. The van der Waals surface area contributed by atoms with Crippen LogP contribution in [0, 0.1) is 6.92 Å². The Kier molecular flexibility index (Phi) is 6.47. The summed E-state index contributed by atoms with van der Waals surface area (Å²) in [6.07, 6.45) is -0.817. The second-order valence-electron chi connectivity index (χ2n) is 7.51. The van der Waals surface area contributed by atoms with E-state index in [-0.39, 0.29) is 34.2 Å². The average Bonchev–Trinajstić information content (AvgIpc) is 3.25. The molecule has 0 saturated carbocycles. The van der Waals surface area contributed by atoms with E-state index in [0.29, 0.717) is 17.2 Å². The van der Waals surface area contributed by atoms with Crippen LogP contribution in [-0.2, 0) is 6.18 Å². The van der Waals surface area contributed by atoms with Crippen molar-refractivity contribution in [3.8, 4) is 28.4 Å². The first-order chi connectivity index (χ1) is 17.1. The number of carboxylic acids is 1. The van der Waals surface area contributed by atoms with Crippen molar-refractivity contribution in [2.75, 3.05) is 19.5 Å². The summed E-state index contributed by atoms with van der Waals surface area (Å²) in [5.41, 5.74) is -0.0696. The van der Waals surface area contributed by atoms with Crippen molar-refractivity contribution in [2.24, 2.45) is 0 Å². The number of rotatable bonds is 7. The van der Waals surface area contributed by atoms with Crippen molar-refractivity contribution in [1.82, 2.24) is 24.7 Å². The fourth-order valence-corrected chi connectivity index (χ4v) is 3.34. The highest BCUT2D eigenvalue weighted by Crippen LogP contribution is 2.33. The number of carboxylic acid groups (broad SMARTS) is 1. The molecule has 4 rings (SSSR count). The van der Waals surface area contributed by atoms with Crippen LogP contribution in [0.15, 0.2) is 48.9 Å². The Morgan fingerprint density at radius 3 is 2.31 bits per heavy atom. The lowest BCUT2D eigenvalue weighted by Crippen LogP contribution is -2.11.